The van der Waals surface area contributed by atoms with Crippen LogP contribution in [0.4, 0.5) is 0 Å². The number of carboxylic acid groups (broad SMARTS) is 1. The molecule has 0 saturated heterocycles. The number of rotatable bonds is 8. The molecule has 1 heterocycles. The number of nitrogens with one attached hydrogen (secondary N) is 1. The smallest absolute Gasteiger partial charge is 0.326 e. The Kier molecular flexibility index (Phi) is 7.29. The minimum atomic E-state index is -1.13. The van der Waals surface area contributed by atoms with Crippen LogP contribution in [0.3, 0.4) is 0 Å². The summed E-state index contributed by atoms with van der Waals surface area (Å²) in [7, 11) is 1.44. The fourth-order valence-corrected chi connectivity index (χ4v) is 3.90. The quantitative estimate of drug-likeness (QED) is 0.621. The van der Waals surface area contributed by atoms with Crippen molar-refractivity contribution in [2.45, 2.75) is 31.8 Å². The minimum Gasteiger partial charge on any atom is -0.508 e. The first-order valence-corrected chi connectivity index (χ1v) is 9.65. The summed E-state index contributed by atoms with van der Waals surface area (Å²) < 4.78 is 0. The summed E-state index contributed by atoms with van der Waals surface area (Å²) in [4.78, 5) is 37.4. The van der Waals surface area contributed by atoms with Gasteiger partial charge in [0.15, 0.2) is 0 Å². The molecule has 1 unspecified atom stereocenters. The highest BCUT2D eigenvalue weighted by molar-refractivity contribution is 8.02. The normalized spacial score (nSPS) is 17.9. The molecule has 0 aliphatic carbocycles. The predicted molar refractivity (Wildman–Crippen MR) is 103 cm³/mol. The average Bonchev–Trinajstić information content (AvgIpc) is 3.12. The van der Waals surface area contributed by atoms with Crippen molar-refractivity contribution in [3.63, 3.8) is 0 Å². The predicted octanol–water partition coefficient (Wildman–Crippen LogP) is 1.62. The number of hydrogen-bond acceptors (Lipinski definition) is 5. The van der Waals surface area contributed by atoms with E-state index in [1.165, 1.54) is 31.0 Å². The molecule has 3 N–H and O–H groups in total. The SMILES string of the molecule is CC(=O)N[C@@H](CC1C=CSC1)C(=O)N(C)[C@@H](Cc1ccc(O)cc1)C(=O)O. The summed E-state index contributed by atoms with van der Waals surface area (Å²) in [6.07, 6.45) is 2.53. The van der Waals surface area contributed by atoms with Gasteiger partial charge in [0, 0.05) is 26.1 Å². The van der Waals surface area contributed by atoms with Crippen molar-refractivity contribution in [3.8, 4) is 5.75 Å². The van der Waals surface area contributed by atoms with E-state index in [0.29, 0.717) is 12.0 Å². The number of carbonyl (C=O) groups is 3. The lowest BCUT2D eigenvalue weighted by atomic mass is 9.99. The van der Waals surface area contributed by atoms with Crippen LogP contribution in [-0.4, -0.2) is 57.8 Å². The number of aromatic hydroxyl groups is 1. The van der Waals surface area contributed by atoms with Gasteiger partial charge in [-0.1, -0.05) is 18.2 Å². The van der Waals surface area contributed by atoms with Crippen molar-refractivity contribution in [1.82, 2.24) is 10.2 Å². The van der Waals surface area contributed by atoms with Crippen molar-refractivity contribution in [2.75, 3.05) is 12.8 Å². The van der Waals surface area contributed by atoms with Crippen LogP contribution >= 0.6 is 11.8 Å². The first-order valence-electron chi connectivity index (χ1n) is 8.60. The summed E-state index contributed by atoms with van der Waals surface area (Å²) >= 11 is 1.64. The van der Waals surface area contributed by atoms with Crippen LogP contribution in [0.25, 0.3) is 0 Å². The van der Waals surface area contributed by atoms with Crippen LogP contribution in [0, 0.1) is 5.92 Å². The van der Waals surface area contributed by atoms with Gasteiger partial charge in [-0.15, -0.1) is 11.8 Å². The minimum absolute atomic E-state index is 0.0864. The van der Waals surface area contributed by atoms with Gasteiger partial charge in [-0.05, 0) is 35.4 Å². The third-order valence-corrected chi connectivity index (χ3v) is 5.41. The van der Waals surface area contributed by atoms with Crippen molar-refractivity contribution >= 4 is 29.5 Å². The van der Waals surface area contributed by atoms with E-state index in [2.05, 4.69) is 5.32 Å². The number of allylic oxidation sites excluding steroid dienone is 1. The molecule has 0 saturated carbocycles. The van der Waals surface area contributed by atoms with E-state index in [4.69, 9.17) is 0 Å². The Labute approximate surface area is 162 Å². The molecule has 0 radical (unpaired) electrons. The highest BCUT2D eigenvalue weighted by atomic mass is 32.2. The lowest BCUT2D eigenvalue weighted by molar-refractivity contribution is -0.150. The molecule has 1 aromatic rings. The van der Waals surface area contributed by atoms with Crippen molar-refractivity contribution in [2.24, 2.45) is 5.92 Å². The summed E-state index contributed by atoms with van der Waals surface area (Å²) in [5.74, 6) is -0.809. The second kappa shape index (κ2) is 9.45. The average molecular weight is 392 g/mol. The molecule has 1 aliphatic rings. The number of thioether (sulfide) groups is 1. The van der Waals surface area contributed by atoms with Crippen LogP contribution in [0.2, 0.25) is 0 Å². The molecular weight excluding hydrogens is 368 g/mol. The first kappa shape index (κ1) is 20.8. The van der Waals surface area contributed by atoms with E-state index in [9.17, 15) is 24.6 Å². The molecule has 8 heteroatoms. The van der Waals surface area contributed by atoms with Crippen LogP contribution in [0.1, 0.15) is 18.9 Å². The molecule has 0 bridgehead atoms. The highest BCUT2D eigenvalue weighted by Crippen LogP contribution is 2.25. The Balaban J connectivity index is 2.14. The van der Waals surface area contributed by atoms with Gasteiger partial charge in [0.25, 0.3) is 0 Å². The maximum absolute atomic E-state index is 12.9. The number of carboxylic acids is 1. The van der Waals surface area contributed by atoms with Crippen LogP contribution in [0.15, 0.2) is 35.7 Å². The zero-order chi connectivity index (χ0) is 20.0. The number of phenolic OH excluding ortho intramolecular Hbond substituents is 1. The molecule has 2 amide bonds. The number of benzene rings is 1. The molecule has 27 heavy (non-hydrogen) atoms. The second-order valence-corrected chi connectivity index (χ2v) is 7.52. The monoisotopic (exact) mass is 392 g/mol. The lowest BCUT2D eigenvalue weighted by Crippen LogP contribution is -2.53. The van der Waals surface area contributed by atoms with Gasteiger partial charge in [0.2, 0.25) is 11.8 Å². The number of phenols is 1. The van der Waals surface area contributed by atoms with E-state index < -0.39 is 24.0 Å². The molecule has 0 fully saturated rings. The highest BCUT2D eigenvalue weighted by Gasteiger charge is 2.33. The van der Waals surface area contributed by atoms with Crippen LogP contribution in [-0.2, 0) is 20.8 Å². The second-order valence-electron chi connectivity index (χ2n) is 6.58. The Bertz CT molecular complexity index is 719. The van der Waals surface area contributed by atoms with Gasteiger partial charge in [-0.3, -0.25) is 9.59 Å². The third kappa shape index (κ3) is 6.02. The molecule has 0 spiro atoms. The van der Waals surface area contributed by atoms with Gasteiger partial charge < -0.3 is 20.4 Å². The molecule has 7 nitrogen and oxygen atoms in total. The van der Waals surface area contributed by atoms with Crippen LogP contribution < -0.4 is 5.32 Å². The standard InChI is InChI=1S/C19H24N2O5S/c1-12(22)20-16(9-14-7-8-27-11-14)18(24)21(2)17(19(25)26)10-13-3-5-15(23)6-4-13/h3-8,14,16-17,23H,9-11H2,1-2H3,(H,20,22)(H,25,26)/t14?,16-,17-/m0/s1. The molecule has 2 rings (SSSR count). The summed E-state index contributed by atoms with van der Waals surface area (Å²) in [5.41, 5.74) is 0.686. The number of hydrogen-bond donors (Lipinski definition) is 3. The maximum atomic E-state index is 12.9. The van der Waals surface area contributed by atoms with Crippen molar-refractivity contribution in [1.29, 1.82) is 0 Å². The fourth-order valence-electron chi connectivity index (χ4n) is 2.96. The number of amides is 2. The zero-order valence-electron chi connectivity index (χ0n) is 15.3. The Morgan fingerprint density at radius 1 is 1.30 bits per heavy atom. The molecule has 1 aliphatic heterocycles. The molecule has 1 aromatic carbocycles. The molecule has 0 aromatic heterocycles. The first-order chi connectivity index (χ1) is 12.8. The Morgan fingerprint density at radius 2 is 1.96 bits per heavy atom. The van der Waals surface area contributed by atoms with E-state index in [0.717, 1.165) is 5.75 Å². The topological polar surface area (TPSA) is 107 Å². The lowest BCUT2D eigenvalue weighted by Gasteiger charge is -2.30. The number of likely N-dealkylation sites (N-methyl/N-ethyl adjacent to an activating group) is 1. The van der Waals surface area contributed by atoms with Crippen LogP contribution in [0.5, 0.6) is 5.75 Å². The van der Waals surface area contributed by atoms with Crippen molar-refractivity contribution in [3.05, 3.63) is 41.3 Å². The van der Waals surface area contributed by atoms with Gasteiger partial charge >= 0.3 is 5.97 Å². The number of nitrogens with zero attached hydrogens (tertiary/aromatic N) is 1. The third-order valence-electron chi connectivity index (χ3n) is 4.44. The Morgan fingerprint density at radius 3 is 2.48 bits per heavy atom. The molecule has 3 atom stereocenters. The summed E-state index contributed by atoms with van der Waals surface area (Å²) in [5, 5.41) is 23.6. The summed E-state index contributed by atoms with van der Waals surface area (Å²) in [6.45, 7) is 1.34. The van der Waals surface area contributed by atoms with Crippen molar-refractivity contribution < 1.29 is 24.6 Å². The largest absolute Gasteiger partial charge is 0.508 e. The van der Waals surface area contributed by atoms with E-state index >= 15 is 0 Å². The number of aliphatic carboxylic acids is 1. The van der Waals surface area contributed by atoms with Gasteiger partial charge in [-0.25, -0.2) is 4.79 Å². The summed E-state index contributed by atoms with van der Waals surface area (Å²) in [6, 6.07) is 4.33. The molecular formula is C19H24N2O5S. The van der Waals surface area contributed by atoms with E-state index in [-0.39, 0.29) is 24.0 Å². The van der Waals surface area contributed by atoms with Gasteiger partial charge in [-0.2, -0.15) is 0 Å². The van der Waals surface area contributed by atoms with E-state index in [1.807, 2.05) is 11.5 Å². The van der Waals surface area contributed by atoms with E-state index in [1.54, 1.807) is 23.9 Å². The van der Waals surface area contributed by atoms with Gasteiger partial charge in [0.05, 0.1) is 0 Å². The number of carbonyl (C=O) groups excluding carboxylic acids is 2. The fraction of sp³-hybridized carbons (Fsp3) is 0.421. The van der Waals surface area contributed by atoms with Gasteiger partial charge in [0.1, 0.15) is 17.8 Å². The Hall–Kier alpha value is -2.48. The molecule has 146 valence electrons. The maximum Gasteiger partial charge on any atom is 0.326 e. The zero-order valence-corrected chi connectivity index (χ0v) is 16.1.